The number of aryl methyl sites for hydroxylation is 1. The van der Waals surface area contributed by atoms with E-state index in [9.17, 15) is 4.79 Å². The van der Waals surface area contributed by atoms with Crippen LogP contribution in [0.25, 0.3) is 5.57 Å². The largest absolute Gasteiger partial charge is 0.378 e. The lowest BCUT2D eigenvalue weighted by molar-refractivity contribution is 0.0297. The Hall–Kier alpha value is -2.44. The smallest absolute Gasteiger partial charge is 0.274 e. The molecule has 5 rings (SSSR count). The van der Waals surface area contributed by atoms with Crippen molar-refractivity contribution in [3.05, 3.63) is 58.9 Å². The molecule has 1 aromatic heterocycles. The maximum absolute atomic E-state index is 13.3. The molecule has 164 valence electrons. The van der Waals surface area contributed by atoms with E-state index in [2.05, 4.69) is 52.9 Å². The first-order chi connectivity index (χ1) is 15.2. The molecular weight excluding hydrogens is 388 g/mol. The summed E-state index contributed by atoms with van der Waals surface area (Å²) in [7, 11) is 0. The fraction of sp³-hybridized carbons (Fsp3) is 0.520. The first-order valence-corrected chi connectivity index (χ1v) is 11.7. The van der Waals surface area contributed by atoms with Crippen molar-refractivity contribution >= 4 is 11.5 Å². The van der Waals surface area contributed by atoms with E-state index < -0.39 is 0 Å². The molecule has 3 aliphatic rings. The van der Waals surface area contributed by atoms with Crippen LogP contribution in [0.4, 0.5) is 0 Å². The first-order valence-electron chi connectivity index (χ1n) is 11.7. The lowest BCUT2D eigenvalue weighted by atomic mass is 9.88. The van der Waals surface area contributed by atoms with E-state index in [1.54, 1.807) is 0 Å². The van der Waals surface area contributed by atoms with Crippen molar-refractivity contribution in [1.82, 2.24) is 19.6 Å². The van der Waals surface area contributed by atoms with Gasteiger partial charge in [-0.1, -0.05) is 36.4 Å². The minimum atomic E-state index is 0.0808. The van der Waals surface area contributed by atoms with E-state index in [4.69, 9.17) is 9.84 Å². The van der Waals surface area contributed by atoms with Gasteiger partial charge in [-0.05, 0) is 43.7 Å². The molecular formula is C25H32N4O2. The van der Waals surface area contributed by atoms with E-state index in [1.165, 1.54) is 22.4 Å². The SMILES string of the molecule is CCn1nc(C(=O)N2CCOCC2)c2c1CC[C@@H](N1CC=C(c3ccccc3)CC1)C2. The lowest BCUT2D eigenvalue weighted by Crippen LogP contribution is -2.43. The van der Waals surface area contributed by atoms with Crippen LogP contribution in [0.1, 0.15) is 47.1 Å². The number of carbonyl (C=O) groups is 1. The van der Waals surface area contributed by atoms with Crippen LogP contribution in [-0.2, 0) is 24.1 Å². The fourth-order valence-electron chi connectivity index (χ4n) is 5.26. The van der Waals surface area contributed by atoms with E-state index in [0.29, 0.717) is 38.0 Å². The topological polar surface area (TPSA) is 50.6 Å². The van der Waals surface area contributed by atoms with Gasteiger partial charge >= 0.3 is 0 Å². The molecule has 1 saturated heterocycles. The Morgan fingerprint density at radius 1 is 1.13 bits per heavy atom. The van der Waals surface area contributed by atoms with Gasteiger partial charge in [-0.2, -0.15) is 5.10 Å². The third-order valence-electron chi connectivity index (χ3n) is 7.02. The van der Waals surface area contributed by atoms with Gasteiger partial charge in [0.15, 0.2) is 5.69 Å². The highest BCUT2D eigenvalue weighted by atomic mass is 16.5. The van der Waals surface area contributed by atoms with Crippen LogP contribution in [0.15, 0.2) is 36.4 Å². The summed E-state index contributed by atoms with van der Waals surface area (Å²) < 4.78 is 7.49. The summed E-state index contributed by atoms with van der Waals surface area (Å²) >= 11 is 0. The zero-order chi connectivity index (χ0) is 21.2. The van der Waals surface area contributed by atoms with Crippen molar-refractivity contribution in [2.45, 2.75) is 45.2 Å². The number of carbonyl (C=O) groups excluding carboxylic acids is 1. The van der Waals surface area contributed by atoms with E-state index in [0.717, 1.165) is 45.3 Å². The Kier molecular flexibility index (Phi) is 5.92. The molecule has 0 N–H and O–H groups in total. The van der Waals surface area contributed by atoms with Crippen LogP contribution in [0.5, 0.6) is 0 Å². The third kappa shape index (κ3) is 4.06. The zero-order valence-corrected chi connectivity index (χ0v) is 18.4. The summed E-state index contributed by atoms with van der Waals surface area (Å²) in [5.74, 6) is 0.0808. The summed E-state index contributed by atoms with van der Waals surface area (Å²) in [5.41, 5.74) is 5.94. The molecule has 6 heteroatoms. The minimum Gasteiger partial charge on any atom is -0.378 e. The van der Waals surface area contributed by atoms with Gasteiger partial charge in [0, 0.05) is 50.0 Å². The number of benzene rings is 1. The average Bonchev–Trinajstić information content (AvgIpc) is 3.23. The van der Waals surface area contributed by atoms with Crippen molar-refractivity contribution in [3.63, 3.8) is 0 Å². The molecule has 1 atom stereocenters. The number of rotatable bonds is 4. The van der Waals surface area contributed by atoms with Gasteiger partial charge < -0.3 is 9.64 Å². The third-order valence-corrected chi connectivity index (χ3v) is 7.02. The predicted molar refractivity (Wildman–Crippen MR) is 121 cm³/mol. The molecule has 1 fully saturated rings. The monoisotopic (exact) mass is 420 g/mol. The normalized spacial score (nSPS) is 22.2. The predicted octanol–water partition coefficient (Wildman–Crippen LogP) is 3.02. The molecule has 2 aliphatic heterocycles. The highest BCUT2D eigenvalue weighted by molar-refractivity contribution is 5.94. The molecule has 0 saturated carbocycles. The van der Waals surface area contributed by atoms with Crippen LogP contribution >= 0.6 is 0 Å². The van der Waals surface area contributed by atoms with Gasteiger partial charge in [0.05, 0.1) is 13.2 Å². The van der Waals surface area contributed by atoms with Crippen molar-refractivity contribution in [2.75, 3.05) is 39.4 Å². The summed E-state index contributed by atoms with van der Waals surface area (Å²) in [6, 6.07) is 11.2. The maximum atomic E-state index is 13.3. The lowest BCUT2D eigenvalue weighted by Gasteiger charge is -2.36. The number of ether oxygens (including phenoxy) is 1. The Morgan fingerprint density at radius 3 is 2.65 bits per heavy atom. The number of nitrogens with zero attached hydrogens (tertiary/aromatic N) is 4. The molecule has 1 amide bonds. The summed E-state index contributed by atoms with van der Waals surface area (Å²) in [6.45, 7) is 7.56. The number of aromatic nitrogens is 2. The standard InChI is InChI=1S/C25H32N4O2/c1-2-29-23-9-8-21(27-12-10-20(11-13-27)19-6-4-3-5-7-19)18-22(23)24(26-29)25(30)28-14-16-31-17-15-28/h3-7,10,21H,2,8-9,11-18H2,1H3/t21-/m1/s1. The summed E-state index contributed by atoms with van der Waals surface area (Å²) in [6.07, 6.45) is 6.54. The molecule has 6 nitrogen and oxygen atoms in total. The molecule has 1 aliphatic carbocycles. The number of hydrogen-bond donors (Lipinski definition) is 0. The molecule has 3 heterocycles. The molecule has 0 unspecified atom stereocenters. The molecule has 0 spiro atoms. The Morgan fingerprint density at radius 2 is 1.94 bits per heavy atom. The molecule has 1 aromatic carbocycles. The highest BCUT2D eigenvalue weighted by Crippen LogP contribution is 2.31. The Bertz CT molecular complexity index is 959. The minimum absolute atomic E-state index is 0.0808. The van der Waals surface area contributed by atoms with Crippen LogP contribution < -0.4 is 0 Å². The number of fused-ring (bicyclic) bond motifs is 1. The van der Waals surface area contributed by atoms with Gasteiger partial charge in [0.1, 0.15) is 0 Å². The maximum Gasteiger partial charge on any atom is 0.274 e. The van der Waals surface area contributed by atoms with Crippen molar-refractivity contribution in [3.8, 4) is 0 Å². The average molecular weight is 421 g/mol. The van der Waals surface area contributed by atoms with Gasteiger partial charge in [-0.25, -0.2) is 0 Å². The van der Waals surface area contributed by atoms with Crippen LogP contribution in [-0.4, -0.2) is 70.9 Å². The molecule has 0 radical (unpaired) electrons. The van der Waals surface area contributed by atoms with E-state index in [-0.39, 0.29) is 5.91 Å². The van der Waals surface area contributed by atoms with Crippen molar-refractivity contribution in [1.29, 1.82) is 0 Å². The van der Waals surface area contributed by atoms with Crippen LogP contribution in [0, 0.1) is 0 Å². The van der Waals surface area contributed by atoms with Crippen molar-refractivity contribution in [2.24, 2.45) is 0 Å². The second-order valence-corrected chi connectivity index (χ2v) is 8.73. The van der Waals surface area contributed by atoms with Gasteiger partial charge in [-0.15, -0.1) is 0 Å². The van der Waals surface area contributed by atoms with Gasteiger partial charge in [0.2, 0.25) is 0 Å². The first kappa shape index (κ1) is 20.5. The quantitative estimate of drug-likeness (QED) is 0.763. The molecule has 0 bridgehead atoms. The van der Waals surface area contributed by atoms with E-state index >= 15 is 0 Å². The Labute approximate surface area is 184 Å². The Balaban J connectivity index is 1.33. The van der Waals surface area contributed by atoms with Crippen LogP contribution in [0.2, 0.25) is 0 Å². The van der Waals surface area contributed by atoms with Gasteiger partial charge in [-0.3, -0.25) is 14.4 Å². The summed E-state index contributed by atoms with van der Waals surface area (Å²) in [4.78, 5) is 17.8. The highest BCUT2D eigenvalue weighted by Gasteiger charge is 2.33. The summed E-state index contributed by atoms with van der Waals surface area (Å²) in [5, 5.41) is 4.77. The second kappa shape index (κ2) is 8.97. The van der Waals surface area contributed by atoms with Crippen LogP contribution in [0.3, 0.4) is 0 Å². The molecule has 2 aromatic rings. The second-order valence-electron chi connectivity index (χ2n) is 8.73. The molecule has 31 heavy (non-hydrogen) atoms. The van der Waals surface area contributed by atoms with Gasteiger partial charge in [0.25, 0.3) is 5.91 Å². The number of morpholine rings is 1. The van der Waals surface area contributed by atoms with E-state index in [1.807, 2.05) is 4.90 Å². The zero-order valence-electron chi connectivity index (χ0n) is 18.4. The van der Waals surface area contributed by atoms with Crippen molar-refractivity contribution < 1.29 is 9.53 Å². The number of hydrogen-bond acceptors (Lipinski definition) is 4. The fourth-order valence-corrected chi connectivity index (χ4v) is 5.26. The number of amides is 1.